The van der Waals surface area contributed by atoms with Gasteiger partial charge in [-0.1, -0.05) is 25.5 Å². The zero-order valence-electron chi connectivity index (χ0n) is 16.2. The van der Waals surface area contributed by atoms with E-state index in [1.807, 2.05) is 12.1 Å². The number of aryl methyl sites for hydroxylation is 1. The van der Waals surface area contributed by atoms with Crippen LogP contribution in [0.1, 0.15) is 45.7 Å². The number of fused-ring (bicyclic) bond motifs is 2. The van der Waals surface area contributed by atoms with Gasteiger partial charge in [0.1, 0.15) is 18.0 Å². The number of nitriles is 1. The summed E-state index contributed by atoms with van der Waals surface area (Å²) in [6.45, 7) is 1.91. The van der Waals surface area contributed by atoms with Crippen molar-refractivity contribution >= 4 is 28.2 Å². The van der Waals surface area contributed by atoms with Gasteiger partial charge in [0.2, 0.25) is 0 Å². The van der Waals surface area contributed by atoms with Crippen LogP contribution in [0.15, 0.2) is 35.1 Å². The number of para-hydroxylation sites is 1. The van der Waals surface area contributed by atoms with Crippen molar-refractivity contribution in [2.45, 2.75) is 45.8 Å². The van der Waals surface area contributed by atoms with E-state index >= 15 is 0 Å². The molecule has 4 rings (SSSR count). The Balaban J connectivity index is 1.56. The number of carbonyl (C=O) groups excluding carboxylic acids is 1. The van der Waals surface area contributed by atoms with E-state index in [9.17, 15) is 9.59 Å². The fourth-order valence-corrected chi connectivity index (χ4v) is 4.91. The van der Waals surface area contributed by atoms with Gasteiger partial charge in [-0.2, -0.15) is 5.26 Å². The van der Waals surface area contributed by atoms with E-state index in [0.717, 1.165) is 19.3 Å². The van der Waals surface area contributed by atoms with Crippen LogP contribution in [0.3, 0.4) is 0 Å². The Bertz CT molecular complexity index is 1170. The number of ether oxygens (including phenoxy) is 1. The number of benzene rings is 1. The van der Waals surface area contributed by atoms with Crippen LogP contribution in [0.2, 0.25) is 0 Å². The van der Waals surface area contributed by atoms with Gasteiger partial charge in [0.25, 0.3) is 5.56 Å². The van der Waals surface area contributed by atoms with Crippen LogP contribution in [-0.4, -0.2) is 15.5 Å². The van der Waals surface area contributed by atoms with E-state index in [-0.39, 0.29) is 24.5 Å². The number of esters is 1. The Morgan fingerprint density at radius 2 is 2.24 bits per heavy atom. The maximum Gasteiger partial charge on any atom is 0.348 e. The third kappa shape index (κ3) is 3.81. The summed E-state index contributed by atoms with van der Waals surface area (Å²) in [7, 11) is 0. The average Bonchev–Trinajstić information content (AvgIpc) is 3.17. The molecule has 0 N–H and O–H groups in total. The van der Waals surface area contributed by atoms with Crippen molar-refractivity contribution in [3.05, 3.63) is 61.8 Å². The highest BCUT2D eigenvalue weighted by molar-refractivity contribution is 7.14. The molecule has 0 radical (unpaired) electrons. The quantitative estimate of drug-likeness (QED) is 0.600. The third-order valence-electron chi connectivity index (χ3n) is 5.47. The molecule has 2 heterocycles. The molecule has 1 atom stereocenters. The minimum atomic E-state index is -0.414. The SMILES string of the molecule is CC[C@H]1CCc2sc(C(=O)OCc3nc4ccccc4c(=O)n3CC#N)cc2C1. The number of aromatic nitrogens is 2. The first-order chi connectivity index (χ1) is 14.1. The van der Waals surface area contributed by atoms with E-state index in [2.05, 4.69) is 11.9 Å². The lowest BCUT2D eigenvalue weighted by molar-refractivity contribution is 0.0463. The van der Waals surface area contributed by atoms with Crippen LogP contribution in [-0.2, 0) is 30.7 Å². The van der Waals surface area contributed by atoms with Gasteiger partial charge in [0.15, 0.2) is 5.82 Å². The molecule has 7 heteroatoms. The first-order valence-corrected chi connectivity index (χ1v) is 10.6. The standard InChI is InChI=1S/C22H21N3O3S/c1-2-14-7-8-18-15(11-14)12-19(29-18)22(27)28-13-20-24-17-6-4-3-5-16(17)21(26)25(20)10-9-23/h3-6,12,14H,2,7-8,10-11,13H2,1H3/t14-/m0/s1. The maximum absolute atomic E-state index is 12.7. The highest BCUT2D eigenvalue weighted by Crippen LogP contribution is 2.33. The fourth-order valence-electron chi connectivity index (χ4n) is 3.81. The van der Waals surface area contributed by atoms with Crippen molar-refractivity contribution < 1.29 is 9.53 Å². The van der Waals surface area contributed by atoms with Gasteiger partial charge in [0, 0.05) is 4.88 Å². The summed E-state index contributed by atoms with van der Waals surface area (Å²) in [4.78, 5) is 31.6. The fraction of sp³-hybridized carbons (Fsp3) is 0.364. The van der Waals surface area contributed by atoms with Gasteiger partial charge in [-0.25, -0.2) is 9.78 Å². The smallest absolute Gasteiger partial charge is 0.348 e. The van der Waals surface area contributed by atoms with Gasteiger partial charge in [-0.3, -0.25) is 9.36 Å². The van der Waals surface area contributed by atoms with E-state index < -0.39 is 5.97 Å². The molecule has 1 aromatic carbocycles. The molecule has 0 saturated heterocycles. The Morgan fingerprint density at radius 1 is 1.41 bits per heavy atom. The van der Waals surface area contributed by atoms with Crippen molar-refractivity contribution in [3.63, 3.8) is 0 Å². The molecular weight excluding hydrogens is 386 g/mol. The molecule has 0 fully saturated rings. The summed E-state index contributed by atoms with van der Waals surface area (Å²) < 4.78 is 6.74. The van der Waals surface area contributed by atoms with Crippen molar-refractivity contribution in [2.24, 2.45) is 5.92 Å². The Labute approximate surface area is 172 Å². The molecule has 3 aromatic rings. The molecular formula is C22H21N3O3S. The highest BCUT2D eigenvalue weighted by Gasteiger charge is 2.23. The van der Waals surface area contributed by atoms with E-state index in [0.29, 0.717) is 21.7 Å². The third-order valence-corrected chi connectivity index (χ3v) is 6.68. The number of hydrogen-bond donors (Lipinski definition) is 0. The van der Waals surface area contributed by atoms with Gasteiger partial charge in [0.05, 0.1) is 17.0 Å². The molecule has 148 valence electrons. The zero-order valence-corrected chi connectivity index (χ0v) is 17.0. The number of rotatable bonds is 5. The number of nitrogens with zero attached hydrogens (tertiary/aromatic N) is 3. The van der Waals surface area contributed by atoms with Crippen molar-refractivity contribution in [3.8, 4) is 6.07 Å². The maximum atomic E-state index is 12.7. The summed E-state index contributed by atoms with van der Waals surface area (Å²) in [5.41, 5.74) is 1.47. The average molecular weight is 407 g/mol. The molecule has 0 unspecified atom stereocenters. The summed E-state index contributed by atoms with van der Waals surface area (Å²) >= 11 is 1.50. The summed E-state index contributed by atoms with van der Waals surface area (Å²) in [6.07, 6.45) is 4.35. The lowest BCUT2D eigenvalue weighted by atomic mass is 9.87. The lowest BCUT2D eigenvalue weighted by Gasteiger charge is -2.19. The van der Waals surface area contributed by atoms with Crippen molar-refractivity contribution in [2.75, 3.05) is 0 Å². The van der Waals surface area contributed by atoms with Gasteiger partial charge < -0.3 is 4.74 Å². The van der Waals surface area contributed by atoms with Gasteiger partial charge in [-0.15, -0.1) is 11.3 Å². The largest absolute Gasteiger partial charge is 0.453 e. The highest BCUT2D eigenvalue weighted by atomic mass is 32.1. The Hall–Kier alpha value is -2.98. The van der Waals surface area contributed by atoms with Crippen LogP contribution < -0.4 is 5.56 Å². The van der Waals surface area contributed by atoms with Gasteiger partial charge >= 0.3 is 5.97 Å². The van der Waals surface area contributed by atoms with Crippen LogP contribution >= 0.6 is 11.3 Å². The topological polar surface area (TPSA) is 85.0 Å². The predicted octanol–water partition coefficient (Wildman–Crippen LogP) is 3.85. The van der Waals surface area contributed by atoms with Crippen LogP contribution in [0.4, 0.5) is 0 Å². The second kappa shape index (κ2) is 8.18. The normalized spacial score (nSPS) is 15.7. The van der Waals surface area contributed by atoms with Crippen LogP contribution in [0.5, 0.6) is 0 Å². The Morgan fingerprint density at radius 3 is 3.03 bits per heavy atom. The second-order valence-electron chi connectivity index (χ2n) is 7.25. The molecule has 0 saturated carbocycles. The minimum absolute atomic E-state index is 0.144. The molecule has 2 aromatic heterocycles. The minimum Gasteiger partial charge on any atom is -0.453 e. The van der Waals surface area contributed by atoms with E-state index in [4.69, 9.17) is 10.00 Å². The second-order valence-corrected chi connectivity index (χ2v) is 8.38. The number of carbonyl (C=O) groups is 1. The van der Waals surface area contributed by atoms with Crippen molar-refractivity contribution in [1.29, 1.82) is 5.26 Å². The van der Waals surface area contributed by atoms with E-state index in [1.165, 1.54) is 32.8 Å². The molecule has 0 amide bonds. The number of hydrogen-bond acceptors (Lipinski definition) is 6. The number of thiophene rings is 1. The summed E-state index contributed by atoms with van der Waals surface area (Å²) in [5.74, 6) is 0.544. The molecule has 6 nitrogen and oxygen atoms in total. The zero-order chi connectivity index (χ0) is 20.4. The molecule has 29 heavy (non-hydrogen) atoms. The van der Waals surface area contributed by atoms with Crippen LogP contribution in [0.25, 0.3) is 10.9 Å². The first-order valence-electron chi connectivity index (χ1n) is 9.74. The predicted molar refractivity (Wildman–Crippen MR) is 111 cm³/mol. The molecule has 1 aliphatic rings. The molecule has 1 aliphatic carbocycles. The van der Waals surface area contributed by atoms with Gasteiger partial charge in [-0.05, 0) is 48.9 Å². The monoisotopic (exact) mass is 407 g/mol. The van der Waals surface area contributed by atoms with E-state index in [1.54, 1.807) is 24.3 Å². The summed E-state index contributed by atoms with van der Waals surface area (Å²) in [5, 5.41) is 9.53. The van der Waals surface area contributed by atoms with Crippen molar-refractivity contribution in [1.82, 2.24) is 9.55 Å². The molecule has 0 aliphatic heterocycles. The van der Waals surface area contributed by atoms with Crippen LogP contribution in [0, 0.1) is 17.2 Å². The summed E-state index contributed by atoms with van der Waals surface area (Å²) in [6, 6.07) is 10.9. The molecule has 0 bridgehead atoms. The lowest BCUT2D eigenvalue weighted by Crippen LogP contribution is -2.26. The Kier molecular flexibility index (Phi) is 5.45. The molecule has 0 spiro atoms. The first kappa shape index (κ1) is 19.3.